The summed E-state index contributed by atoms with van der Waals surface area (Å²) in [7, 11) is -4.09. The zero-order valence-corrected chi connectivity index (χ0v) is 12.5. The molecule has 1 atom stereocenters. The molecular weight excluding hydrogens is 320 g/mol. The smallest absolute Gasteiger partial charge is 0.376 e. The highest BCUT2D eigenvalue weighted by Gasteiger charge is 2.37. The van der Waals surface area contributed by atoms with Crippen molar-refractivity contribution in [3.05, 3.63) is 60.7 Å². The van der Waals surface area contributed by atoms with Crippen molar-refractivity contribution < 1.29 is 31.9 Å². The predicted molar refractivity (Wildman–Crippen MR) is 76.3 cm³/mol. The Bertz CT molecular complexity index is 555. The van der Waals surface area contributed by atoms with Gasteiger partial charge in [0.1, 0.15) is 0 Å². The fourth-order valence-corrected chi connectivity index (χ4v) is 3.06. The molecule has 0 saturated heterocycles. The molecule has 0 fully saturated rings. The number of benzene rings is 1. The van der Waals surface area contributed by atoms with Crippen molar-refractivity contribution in [3.63, 3.8) is 0 Å². The van der Waals surface area contributed by atoms with Gasteiger partial charge >= 0.3 is 13.8 Å². The summed E-state index contributed by atoms with van der Waals surface area (Å²) in [6.07, 6.45) is -2.02. The van der Waals surface area contributed by atoms with E-state index in [1.807, 2.05) is 0 Å². The van der Waals surface area contributed by atoms with Gasteiger partial charge in [-0.2, -0.15) is 13.2 Å². The number of hydrogen-bond donors (Lipinski definition) is 1. The average Bonchev–Trinajstić information content (AvgIpc) is 2.49. The summed E-state index contributed by atoms with van der Waals surface area (Å²) in [5, 5.41) is 10.1. The van der Waals surface area contributed by atoms with Gasteiger partial charge in [-0.1, -0.05) is 24.3 Å². The molecule has 122 valence electrons. The molecule has 1 rings (SSSR count). The highest BCUT2D eigenvalue weighted by atomic mass is 31.2. The molecule has 22 heavy (non-hydrogen) atoms. The van der Waals surface area contributed by atoms with Crippen molar-refractivity contribution >= 4 is 7.60 Å². The maximum absolute atomic E-state index is 12.7. The second kappa shape index (κ2) is 7.74. The minimum absolute atomic E-state index is 0.190. The van der Waals surface area contributed by atoms with Crippen LogP contribution in [-0.4, -0.2) is 18.3 Å². The molecule has 0 aliphatic rings. The van der Waals surface area contributed by atoms with Crippen LogP contribution in [0.3, 0.4) is 0 Å². The van der Waals surface area contributed by atoms with E-state index in [0.29, 0.717) is 6.07 Å². The van der Waals surface area contributed by atoms with Crippen LogP contribution < -0.4 is 0 Å². The third-order valence-electron chi connectivity index (χ3n) is 2.56. The van der Waals surface area contributed by atoms with Crippen LogP contribution in [0.15, 0.2) is 49.6 Å². The number of halogens is 3. The third kappa shape index (κ3) is 4.81. The van der Waals surface area contributed by atoms with E-state index in [-0.39, 0.29) is 18.8 Å². The Kier molecular flexibility index (Phi) is 6.56. The van der Waals surface area contributed by atoms with Crippen molar-refractivity contribution in [2.45, 2.75) is 12.0 Å². The molecule has 4 nitrogen and oxygen atoms in total. The first-order valence-electron chi connectivity index (χ1n) is 6.20. The minimum atomic E-state index is -4.58. The Hall–Kier alpha value is -1.40. The standard InChI is InChI=1S/C14H16F3O4P/c1-3-8-20-22(19,21-9-4-2)13(18)11-6-5-7-12(10-11)14(15,16)17/h3-7,10,13,18H,1-2,8-9H2. The Morgan fingerprint density at radius 1 is 1.23 bits per heavy atom. The topological polar surface area (TPSA) is 55.8 Å². The lowest BCUT2D eigenvalue weighted by Gasteiger charge is -2.23. The van der Waals surface area contributed by atoms with Crippen LogP contribution in [-0.2, 0) is 19.8 Å². The highest BCUT2D eigenvalue weighted by molar-refractivity contribution is 7.54. The highest BCUT2D eigenvalue weighted by Crippen LogP contribution is 2.59. The number of aliphatic hydroxyl groups excluding tert-OH is 1. The molecule has 0 aliphatic heterocycles. The monoisotopic (exact) mass is 336 g/mol. The van der Waals surface area contributed by atoms with E-state index in [4.69, 9.17) is 9.05 Å². The molecule has 0 amide bonds. The molecule has 0 aliphatic carbocycles. The summed E-state index contributed by atoms with van der Waals surface area (Å²) in [6.45, 7) is 6.36. The molecule has 0 aromatic heterocycles. The summed E-state index contributed by atoms with van der Waals surface area (Å²) >= 11 is 0. The van der Waals surface area contributed by atoms with Crippen molar-refractivity contribution in [1.82, 2.24) is 0 Å². The van der Waals surface area contributed by atoms with Crippen LogP contribution in [0.4, 0.5) is 13.2 Å². The van der Waals surface area contributed by atoms with Crippen LogP contribution >= 0.6 is 7.60 Å². The molecule has 1 N–H and O–H groups in total. The molecule has 0 bridgehead atoms. The lowest BCUT2D eigenvalue weighted by Crippen LogP contribution is -2.09. The summed E-state index contributed by atoms with van der Waals surface area (Å²) in [6, 6.07) is 3.86. The van der Waals surface area contributed by atoms with Gasteiger partial charge in [0, 0.05) is 0 Å². The van der Waals surface area contributed by atoms with Gasteiger partial charge in [-0.15, -0.1) is 13.2 Å². The van der Waals surface area contributed by atoms with Crippen LogP contribution in [0.1, 0.15) is 17.0 Å². The maximum atomic E-state index is 12.7. The van der Waals surface area contributed by atoms with E-state index < -0.39 is 25.2 Å². The Morgan fingerprint density at radius 3 is 2.23 bits per heavy atom. The van der Waals surface area contributed by atoms with Crippen molar-refractivity contribution in [2.75, 3.05) is 13.2 Å². The summed E-state index contributed by atoms with van der Waals surface area (Å²) in [5.74, 6) is -1.85. The first-order chi connectivity index (χ1) is 10.2. The maximum Gasteiger partial charge on any atom is 0.416 e. The Morgan fingerprint density at radius 2 is 1.77 bits per heavy atom. The average molecular weight is 336 g/mol. The van der Waals surface area contributed by atoms with E-state index in [1.165, 1.54) is 18.2 Å². The molecule has 0 saturated carbocycles. The predicted octanol–water partition coefficient (Wildman–Crippen LogP) is 4.29. The molecule has 8 heteroatoms. The zero-order valence-electron chi connectivity index (χ0n) is 11.6. The van der Waals surface area contributed by atoms with Crippen LogP contribution in [0.25, 0.3) is 0 Å². The Balaban J connectivity index is 3.12. The fourth-order valence-electron chi connectivity index (χ4n) is 1.55. The molecule has 0 radical (unpaired) electrons. The minimum Gasteiger partial charge on any atom is -0.376 e. The first-order valence-corrected chi connectivity index (χ1v) is 7.81. The molecule has 1 aromatic carbocycles. The second-order valence-electron chi connectivity index (χ2n) is 4.21. The summed E-state index contributed by atoms with van der Waals surface area (Å²) in [5.41, 5.74) is -1.19. The molecule has 0 heterocycles. The second-order valence-corrected chi connectivity index (χ2v) is 6.29. The van der Waals surface area contributed by atoms with Gasteiger partial charge in [0.15, 0.2) is 5.85 Å². The number of hydrogen-bond acceptors (Lipinski definition) is 4. The molecule has 0 spiro atoms. The van der Waals surface area contributed by atoms with Crippen LogP contribution in [0, 0.1) is 0 Å². The fraction of sp³-hybridized carbons (Fsp3) is 0.286. The third-order valence-corrected chi connectivity index (χ3v) is 4.47. The quantitative estimate of drug-likeness (QED) is 0.568. The zero-order chi connectivity index (χ0) is 16.8. The van der Waals surface area contributed by atoms with Crippen LogP contribution in [0.2, 0.25) is 0 Å². The Labute approximate surface area is 126 Å². The van der Waals surface area contributed by atoms with Crippen molar-refractivity contribution in [3.8, 4) is 0 Å². The summed E-state index contributed by atoms with van der Waals surface area (Å²) in [4.78, 5) is 0. The van der Waals surface area contributed by atoms with Crippen LogP contribution in [0.5, 0.6) is 0 Å². The number of alkyl halides is 3. The van der Waals surface area contributed by atoms with Gasteiger partial charge in [0.2, 0.25) is 0 Å². The van der Waals surface area contributed by atoms with E-state index in [1.54, 1.807) is 0 Å². The largest absolute Gasteiger partial charge is 0.416 e. The van der Waals surface area contributed by atoms with Gasteiger partial charge in [-0.3, -0.25) is 4.57 Å². The van der Waals surface area contributed by atoms with E-state index in [2.05, 4.69) is 13.2 Å². The van der Waals surface area contributed by atoms with Gasteiger partial charge in [-0.25, -0.2) is 0 Å². The molecule has 1 unspecified atom stereocenters. The number of aliphatic hydroxyl groups is 1. The first kappa shape index (κ1) is 18.6. The van der Waals surface area contributed by atoms with Crippen molar-refractivity contribution in [1.29, 1.82) is 0 Å². The lowest BCUT2D eigenvalue weighted by atomic mass is 10.1. The van der Waals surface area contributed by atoms with Gasteiger partial charge < -0.3 is 14.2 Å². The molecular formula is C14H16F3O4P. The lowest BCUT2D eigenvalue weighted by molar-refractivity contribution is -0.137. The van der Waals surface area contributed by atoms with Gasteiger partial charge in [0.05, 0.1) is 18.8 Å². The van der Waals surface area contributed by atoms with E-state index in [0.717, 1.165) is 12.1 Å². The SMILES string of the molecule is C=CCOP(=O)(OCC=C)C(O)c1cccc(C(F)(F)F)c1. The van der Waals surface area contributed by atoms with Gasteiger partial charge in [-0.05, 0) is 17.7 Å². The van der Waals surface area contributed by atoms with Gasteiger partial charge in [0.25, 0.3) is 0 Å². The van der Waals surface area contributed by atoms with E-state index >= 15 is 0 Å². The van der Waals surface area contributed by atoms with Crippen molar-refractivity contribution in [2.24, 2.45) is 0 Å². The molecule has 1 aromatic rings. The summed E-state index contributed by atoms with van der Waals surface area (Å²) < 4.78 is 60.5. The number of rotatable bonds is 8. The van der Waals surface area contributed by atoms with E-state index in [9.17, 15) is 22.8 Å². The normalized spacial score (nSPS) is 13.6.